The summed E-state index contributed by atoms with van der Waals surface area (Å²) in [4.78, 5) is 27.6. The molecule has 0 aliphatic carbocycles. The Kier molecular flexibility index (Phi) is 6.38. The number of halogens is 3. The monoisotopic (exact) mass is 481 g/mol. The smallest absolute Gasteiger partial charge is 0.270 e. The van der Waals surface area contributed by atoms with Crippen LogP contribution >= 0.6 is 11.6 Å². The molecule has 11 heteroatoms. The van der Waals surface area contributed by atoms with E-state index in [1.807, 2.05) is 0 Å². The van der Waals surface area contributed by atoms with Crippen molar-refractivity contribution in [1.82, 2.24) is 9.88 Å². The Balaban J connectivity index is 2.05. The van der Waals surface area contributed by atoms with Gasteiger partial charge in [0.25, 0.3) is 11.8 Å². The molecular weight excluding hydrogens is 464 g/mol. The van der Waals surface area contributed by atoms with Gasteiger partial charge in [-0.1, -0.05) is 23.7 Å². The minimum Gasteiger partial charge on any atom is -0.364 e. The van der Waals surface area contributed by atoms with Gasteiger partial charge in [-0.05, 0) is 42.8 Å². The van der Waals surface area contributed by atoms with Gasteiger partial charge in [-0.2, -0.15) is 0 Å². The number of aromatic nitrogens is 1. The van der Waals surface area contributed by atoms with Crippen molar-refractivity contribution in [1.29, 1.82) is 0 Å². The van der Waals surface area contributed by atoms with E-state index >= 15 is 0 Å². The maximum atomic E-state index is 14.1. The second kappa shape index (κ2) is 8.71. The van der Waals surface area contributed by atoms with Crippen LogP contribution in [0, 0.1) is 18.6 Å². The van der Waals surface area contributed by atoms with E-state index in [1.54, 1.807) is 0 Å². The SMILES string of the molecule is Cc1c(C(=O)N(C)Cc2ccc(Cl)cc2F)[nH]c(C(N)=O)c1S(=O)(=O)c1cccc(F)c1. The van der Waals surface area contributed by atoms with Crippen molar-refractivity contribution >= 4 is 33.3 Å². The van der Waals surface area contributed by atoms with Crippen LogP contribution in [0.4, 0.5) is 8.78 Å². The second-order valence-corrected chi connectivity index (χ2v) is 9.37. The molecule has 0 fully saturated rings. The van der Waals surface area contributed by atoms with Crippen molar-refractivity contribution < 1.29 is 26.8 Å². The number of benzene rings is 2. The second-order valence-electron chi connectivity index (χ2n) is 7.05. The van der Waals surface area contributed by atoms with Crippen LogP contribution in [0.1, 0.15) is 32.1 Å². The van der Waals surface area contributed by atoms with Crippen molar-refractivity contribution in [3.63, 3.8) is 0 Å². The van der Waals surface area contributed by atoms with Crippen LogP contribution in [0.15, 0.2) is 52.3 Å². The number of sulfone groups is 1. The van der Waals surface area contributed by atoms with Gasteiger partial charge in [0.2, 0.25) is 9.84 Å². The number of amides is 2. The molecule has 0 aliphatic heterocycles. The van der Waals surface area contributed by atoms with Crippen molar-refractivity contribution in [2.75, 3.05) is 7.05 Å². The molecule has 0 aliphatic rings. The highest BCUT2D eigenvalue weighted by Crippen LogP contribution is 2.30. The first kappa shape index (κ1) is 23.4. The third-order valence-electron chi connectivity index (χ3n) is 4.80. The lowest BCUT2D eigenvalue weighted by Gasteiger charge is -2.17. The molecule has 0 saturated carbocycles. The molecule has 3 aromatic rings. The fourth-order valence-electron chi connectivity index (χ4n) is 3.22. The lowest BCUT2D eigenvalue weighted by atomic mass is 10.2. The highest BCUT2D eigenvalue weighted by atomic mass is 35.5. The van der Waals surface area contributed by atoms with Gasteiger partial charge >= 0.3 is 0 Å². The molecule has 32 heavy (non-hydrogen) atoms. The summed E-state index contributed by atoms with van der Waals surface area (Å²) in [6.45, 7) is 1.16. The third-order valence-corrected chi connectivity index (χ3v) is 6.95. The fraction of sp³-hybridized carbons (Fsp3) is 0.143. The summed E-state index contributed by atoms with van der Waals surface area (Å²) < 4.78 is 54.0. The van der Waals surface area contributed by atoms with Crippen LogP contribution in [0.3, 0.4) is 0 Å². The number of primary amides is 1. The molecule has 0 spiro atoms. The summed E-state index contributed by atoms with van der Waals surface area (Å²) in [5.74, 6) is -3.23. The minimum absolute atomic E-state index is 0.0727. The Labute approximate surface area is 187 Å². The van der Waals surface area contributed by atoms with Gasteiger partial charge in [0, 0.05) is 24.2 Å². The van der Waals surface area contributed by atoms with E-state index in [0.29, 0.717) is 0 Å². The summed E-state index contributed by atoms with van der Waals surface area (Å²) in [6.07, 6.45) is 0. The van der Waals surface area contributed by atoms with Crippen molar-refractivity contribution in [2.24, 2.45) is 5.73 Å². The number of aromatic amines is 1. The highest BCUT2D eigenvalue weighted by Gasteiger charge is 2.33. The third kappa shape index (κ3) is 4.37. The number of rotatable bonds is 6. The standard InChI is InChI=1S/C21H18ClF2N3O4S/c1-11-17(21(29)27(2)10-12-6-7-13(22)8-16(12)24)26-18(20(25)28)19(11)32(30,31)15-5-3-4-14(23)9-15/h3-9,26H,10H2,1-2H3,(H2,25,28). The maximum absolute atomic E-state index is 14.1. The largest absolute Gasteiger partial charge is 0.364 e. The summed E-state index contributed by atoms with van der Waals surface area (Å²) in [5.41, 5.74) is 4.72. The lowest BCUT2D eigenvalue weighted by Crippen LogP contribution is -2.27. The molecule has 168 valence electrons. The molecule has 0 atom stereocenters. The first-order valence-electron chi connectivity index (χ1n) is 9.16. The Morgan fingerprint density at radius 1 is 1.12 bits per heavy atom. The van der Waals surface area contributed by atoms with Crippen LogP contribution in [0.2, 0.25) is 5.02 Å². The van der Waals surface area contributed by atoms with Crippen LogP contribution in [0.25, 0.3) is 0 Å². The molecule has 1 aromatic heterocycles. The molecule has 1 heterocycles. The molecule has 3 rings (SSSR count). The van der Waals surface area contributed by atoms with Gasteiger partial charge in [-0.3, -0.25) is 9.59 Å². The van der Waals surface area contributed by atoms with Gasteiger partial charge in [0.05, 0.1) is 4.90 Å². The zero-order chi connectivity index (χ0) is 23.8. The first-order valence-corrected chi connectivity index (χ1v) is 11.0. The number of nitrogens with zero attached hydrogens (tertiary/aromatic N) is 1. The number of carbonyl (C=O) groups excluding carboxylic acids is 2. The summed E-state index contributed by atoms with van der Waals surface area (Å²) in [7, 11) is -3.02. The van der Waals surface area contributed by atoms with Gasteiger partial charge in [0.15, 0.2) is 0 Å². The van der Waals surface area contributed by atoms with E-state index in [1.165, 1.54) is 32.2 Å². The van der Waals surface area contributed by atoms with Crippen molar-refractivity contribution in [3.8, 4) is 0 Å². The zero-order valence-electron chi connectivity index (χ0n) is 16.9. The minimum atomic E-state index is -4.39. The number of nitrogens with one attached hydrogen (secondary N) is 1. The first-order chi connectivity index (χ1) is 14.9. The molecule has 0 radical (unpaired) electrons. The zero-order valence-corrected chi connectivity index (χ0v) is 18.5. The summed E-state index contributed by atoms with van der Waals surface area (Å²) in [5, 5.41) is 0.193. The molecule has 2 aromatic carbocycles. The molecule has 7 nitrogen and oxygen atoms in total. The van der Waals surface area contributed by atoms with E-state index in [4.69, 9.17) is 17.3 Å². The lowest BCUT2D eigenvalue weighted by molar-refractivity contribution is 0.0778. The quantitative estimate of drug-likeness (QED) is 0.561. The van der Waals surface area contributed by atoms with Gasteiger partial charge in [0.1, 0.15) is 27.9 Å². The molecular formula is C21H18ClF2N3O4S. The molecule has 0 saturated heterocycles. The average molecular weight is 482 g/mol. The molecule has 0 bridgehead atoms. The number of nitrogens with two attached hydrogens (primary N) is 1. The normalized spacial score (nSPS) is 11.4. The van der Waals surface area contributed by atoms with E-state index < -0.39 is 48.8 Å². The van der Waals surface area contributed by atoms with Gasteiger partial charge in [-0.25, -0.2) is 17.2 Å². The predicted octanol–water partition coefficient (Wildman–Crippen LogP) is 3.46. The Morgan fingerprint density at radius 3 is 2.41 bits per heavy atom. The van der Waals surface area contributed by atoms with Crippen molar-refractivity contribution in [3.05, 3.63) is 81.6 Å². The number of carbonyl (C=O) groups is 2. The average Bonchev–Trinajstić information content (AvgIpc) is 3.07. The van der Waals surface area contributed by atoms with E-state index in [0.717, 1.165) is 29.2 Å². The maximum Gasteiger partial charge on any atom is 0.270 e. The van der Waals surface area contributed by atoms with Crippen LogP contribution < -0.4 is 5.73 Å². The summed E-state index contributed by atoms with van der Waals surface area (Å²) >= 11 is 5.74. The number of hydrogen-bond donors (Lipinski definition) is 2. The van der Waals surface area contributed by atoms with Gasteiger partial charge in [-0.15, -0.1) is 0 Å². The van der Waals surface area contributed by atoms with Gasteiger partial charge < -0.3 is 15.6 Å². The van der Waals surface area contributed by atoms with E-state index in [-0.39, 0.29) is 28.4 Å². The molecule has 3 N–H and O–H groups in total. The number of H-pyrrole nitrogens is 1. The van der Waals surface area contributed by atoms with Crippen LogP contribution in [-0.4, -0.2) is 37.2 Å². The number of hydrogen-bond acceptors (Lipinski definition) is 4. The Morgan fingerprint density at radius 2 is 1.81 bits per heavy atom. The highest BCUT2D eigenvalue weighted by molar-refractivity contribution is 7.91. The predicted molar refractivity (Wildman–Crippen MR) is 113 cm³/mol. The van der Waals surface area contributed by atoms with E-state index in [2.05, 4.69) is 4.98 Å². The molecule has 2 amide bonds. The van der Waals surface area contributed by atoms with Crippen molar-refractivity contribution in [2.45, 2.75) is 23.3 Å². The van der Waals surface area contributed by atoms with E-state index in [9.17, 15) is 26.8 Å². The molecule has 0 unspecified atom stereocenters. The topological polar surface area (TPSA) is 113 Å². The Bertz CT molecular complexity index is 1340. The fourth-order valence-corrected chi connectivity index (χ4v) is 5.07. The summed E-state index contributed by atoms with van der Waals surface area (Å²) in [6, 6.07) is 8.21. The van der Waals surface area contributed by atoms with Crippen LogP contribution in [-0.2, 0) is 16.4 Å². The van der Waals surface area contributed by atoms with Crippen LogP contribution in [0.5, 0.6) is 0 Å². The Hall–Kier alpha value is -3.24.